The van der Waals surface area contributed by atoms with Gasteiger partial charge in [-0.05, 0) is 26.7 Å². The first-order chi connectivity index (χ1) is 13.1. The van der Waals surface area contributed by atoms with Gasteiger partial charge in [0.15, 0.2) is 0 Å². The monoisotopic (exact) mass is 406 g/mol. The molecule has 0 bridgehead atoms. The predicted octanol–water partition coefficient (Wildman–Crippen LogP) is 2.86. The number of likely N-dealkylation sites (tertiary alicyclic amines) is 1. The molecule has 2 aliphatic heterocycles. The number of halogens is 3. The van der Waals surface area contributed by atoms with Crippen LogP contribution in [-0.2, 0) is 20.8 Å². The first-order valence-electron chi connectivity index (χ1n) is 8.95. The number of carboxylic acid groups (broad SMARTS) is 1. The zero-order chi connectivity index (χ0) is 20.9. The highest BCUT2D eigenvalue weighted by Crippen LogP contribution is 2.32. The topological polar surface area (TPSA) is 85.0 Å². The maximum atomic E-state index is 10.6. The molecule has 1 N–H and O–H groups in total. The van der Waals surface area contributed by atoms with Crippen LogP contribution in [0.4, 0.5) is 13.2 Å². The molecule has 0 unspecified atom stereocenters. The van der Waals surface area contributed by atoms with Gasteiger partial charge in [-0.1, -0.05) is 11.2 Å². The van der Waals surface area contributed by atoms with Crippen LogP contribution in [0.15, 0.2) is 17.2 Å². The van der Waals surface area contributed by atoms with Crippen molar-refractivity contribution in [3.05, 3.63) is 29.7 Å². The number of hydrogen-bond acceptors (Lipinski definition) is 6. The first-order valence-corrected chi connectivity index (χ1v) is 8.95. The molecule has 0 aromatic carbocycles. The maximum Gasteiger partial charge on any atom is 0.490 e. The Morgan fingerprint density at radius 1 is 1.46 bits per heavy atom. The molecule has 2 fully saturated rings. The van der Waals surface area contributed by atoms with Gasteiger partial charge in [-0.3, -0.25) is 4.90 Å². The quantitative estimate of drug-likeness (QED) is 0.753. The third-order valence-corrected chi connectivity index (χ3v) is 4.80. The third kappa shape index (κ3) is 5.55. The van der Waals surface area contributed by atoms with Crippen molar-refractivity contribution >= 4 is 5.97 Å². The second-order valence-electron chi connectivity index (χ2n) is 6.74. The van der Waals surface area contributed by atoms with Crippen molar-refractivity contribution in [1.29, 1.82) is 0 Å². The second-order valence-corrected chi connectivity index (χ2v) is 6.74. The Hall–Kier alpha value is -1.91. The Balaban J connectivity index is 0.000000345. The molecule has 0 radical (unpaired) electrons. The van der Waals surface area contributed by atoms with E-state index in [1.807, 2.05) is 13.8 Å². The van der Waals surface area contributed by atoms with Crippen LogP contribution in [0.3, 0.4) is 0 Å². The summed E-state index contributed by atoms with van der Waals surface area (Å²) >= 11 is 0. The van der Waals surface area contributed by atoms with Gasteiger partial charge in [-0.2, -0.15) is 13.2 Å². The highest BCUT2D eigenvalue weighted by atomic mass is 19.4. The molecule has 0 amide bonds. The molecule has 0 aliphatic carbocycles. The minimum atomic E-state index is -5.08. The Morgan fingerprint density at radius 2 is 2.14 bits per heavy atom. The molecule has 2 saturated heterocycles. The molecule has 3 heterocycles. The number of alkyl halides is 3. The minimum Gasteiger partial charge on any atom is -0.475 e. The molecular weight excluding hydrogens is 381 g/mol. The van der Waals surface area contributed by atoms with Gasteiger partial charge in [0, 0.05) is 31.3 Å². The number of aliphatic carboxylic acids is 1. The van der Waals surface area contributed by atoms with Crippen LogP contribution in [0.2, 0.25) is 0 Å². The summed E-state index contributed by atoms with van der Waals surface area (Å²) in [6, 6.07) is 0.433. The van der Waals surface area contributed by atoms with Crippen LogP contribution >= 0.6 is 0 Å². The summed E-state index contributed by atoms with van der Waals surface area (Å²) in [5.41, 5.74) is 2.18. The van der Waals surface area contributed by atoms with Crippen molar-refractivity contribution in [1.82, 2.24) is 10.1 Å². The smallest absolute Gasteiger partial charge is 0.475 e. The number of nitrogens with zero attached hydrogens (tertiary/aromatic N) is 2. The number of fused-ring (bicyclic) bond motifs is 1. The Kier molecular flexibility index (Phi) is 7.62. The summed E-state index contributed by atoms with van der Waals surface area (Å²) in [4.78, 5) is 11.4. The molecule has 28 heavy (non-hydrogen) atoms. The van der Waals surface area contributed by atoms with E-state index in [-0.39, 0.29) is 12.2 Å². The van der Waals surface area contributed by atoms with Crippen LogP contribution in [-0.4, -0.2) is 65.3 Å². The van der Waals surface area contributed by atoms with E-state index in [9.17, 15) is 13.2 Å². The average molecular weight is 406 g/mol. The first kappa shape index (κ1) is 22.4. The molecular formula is C18H25F3N2O5. The normalized spacial score (nSPS) is 25.0. The second kappa shape index (κ2) is 9.53. The zero-order valence-electron chi connectivity index (χ0n) is 15.9. The Bertz CT molecular complexity index is 657. The van der Waals surface area contributed by atoms with E-state index >= 15 is 0 Å². The van der Waals surface area contributed by atoms with Gasteiger partial charge in [0.05, 0.1) is 18.4 Å². The molecule has 1 aromatic rings. The fourth-order valence-electron chi connectivity index (χ4n) is 3.45. The predicted molar refractivity (Wildman–Crippen MR) is 92.8 cm³/mol. The van der Waals surface area contributed by atoms with E-state index in [0.29, 0.717) is 12.6 Å². The number of hydrogen-bond donors (Lipinski definition) is 1. The lowest BCUT2D eigenvalue weighted by Gasteiger charge is -2.32. The lowest BCUT2D eigenvalue weighted by Crippen LogP contribution is -2.41. The summed E-state index contributed by atoms with van der Waals surface area (Å²) < 4.78 is 48.9. The largest absolute Gasteiger partial charge is 0.490 e. The minimum absolute atomic E-state index is 0.133. The molecule has 3 atom stereocenters. The van der Waals surface area contributed by atoms with E-state index in [1.165, 1.54) is 12.0 Å². The summed E-state index contributed by atoms with van der Waals surface area (Å²) in [6.45, 7) is 10.9. The summed E-state index contributed by atoms with van der Waals surface area (Å²) in [7, 11) is 0. The van der Waals surface area contributed by atoms with Crippen LogP contribution in [0.25, 0.3) is 0 Å². The Labute approximate surface area is 161 Å². The summed E-state index contributed by atoms with van der Waals surface area (Å²) in [6.07, 6.45) is -0.683. The van der Waals surface area contributed by atoms with Crippen molar-refractivity contribution in [3.8, 4) is 0 Å². The number of aromatic nitrogens is 1. The summed E-state index contributed by atoms with van der Waals surface area (Å²) in [5.74, 6) is -1.84. The average Bonchev–Trinajstić information content (AvgIpc) is 3.15. The molecule has 1 aromatic heterocycles. The van der Waals surface area contributed by atoms with E-state index < -0.39 is 12.1 Å². The Morgan fingerprint density at radius 3 is 2.68 bits per heavy atom. The zero-order valence-corrected chi connectivity index (χ0v) is 15.9. The van der Waals surface area contributed by atoms with Gasteiger partial charge in [-0.25, -0.2) is 4.79 Å². The van der Waals surface area contributed by atoms with E-state index in [1.54, 1.807) is 6.08 Å². The molecule has 158 valence electrons. The van der Waals surface area contributed by atoms with E-state index in [2.05, 4.69) is 16.6 Å². The van der Waals surface area contributed by atoms with Gasteiger partial charge in [0.1, 0.15) is 11.9 Å². The van der Waals surface area contributed by atoms with Crippen molar-refractivity contribution in [2.45, 2.75) is 57.7 Å². The van der Waals surface area contributed by atoms with Gasteiger partial charge in [-0.15, -0.1) is 6.58 Å². The fraction of sp³-hybridized carbons (Fsp3) is 0.667. The standard InChI is InChI=1S/C16H24N2O3.C2HF3O2/c1-4-7-19-15-10-18(14-6-5-8-20-16(14)15)9-13-11(2)17-21-12(13)3;3-2(4,5)1(6)7/h4,14-16H,1,5-10H2,2-3H3;(H,6,7)/t14-,15-,16+;/m1./s1. The number of ether oxygens (including phenoxy) is 2. The number of rotatable bonds is 5. The van der Waals surface area contributed by atoms with Crippen molar-refractivity contribution in [3.63, 3.8) is 0 Å². The van der Waals surface area contributed by atoms with Crippen LogP contribution < -0.4 is 0 Å². The molecule has 3 rings (SSSR count). The van der Waals surface area contributed by atoms with Crippen molar-refractivity contribution in [2.24, 2.45) is 0 Å². The van der Waals surface area contributed by atoms with Crippen LogP contribution in [0, 0.1) is 13.8 Å². The molecule has 7 nitrogen and oxygen atoms in total. The number of aryl methyl sites for hydroxylation is 2. The van der Waals surface area contributed by atoms with Gasteiger partial charge in [0.25, 0.3) is 0 Å². The fourth-order valence-corrected chi connectivity index (χ4v) is 3.45. The van der Waals surface area contributed by atoms with E-state index in [0.717, 1.165) is 37.6 Å². The molecule has 10 heteroatoms. The van der Waals surface area contributed by atoms with Gasteiger partial charge in [0.2, 0.25) is 0 Å². The number of carbonyl (C=O) groups is 1. The summed E-state index contributed by atoms with van der Waals surface area (Å²) in [5, 5.41) is 11.2. The van der Waals surface area contributed by atoms with Gasteiger partial charge < -0.3 is 19.1 Å². The maximum absolute atomic E-state index is 10.6. The highest BCUT2D eigenvalue weighted by Gasteiger charge is 2.44. The number of carboxylic acids is 1. The van der Waals surface area contributed by atoms with Gasteiger partial charge >= 0.3 is 12.1 Å². The van der Waals surface area contributed by atoms with Crippen LogP contribution in [0.1, 0.15) is 29.9 Å². The van der Waals surface area contributed by atoms with Crippen LogP contribution in [0.5, 0.6) is 0 Å². The molecule has 0 spiro atoms. The molecule has 0 saturated carbocycles. The van der Waals surface area contributed by atoms with Crippen molar-refractivity contribution in [2.75, 3.05) is 19.8 Å². The van der Waals surface area contributed by atoms with Crippen molar-refractivity contribution < 1.29 is 37.1 Å². The lowest BCUT2D eigenvalue weighted by molar-refractivity contribution is -0.192. The SMILES string of the molecule is C=CCO[C@@H]1CN(Cc2c(C)noc2C)[C@@H]2CCCO[C@@H]21.O=C(O)C(F)(F)F. The van der Waals surface area contributed by atoms with E-state index in [4.69, 9.17) is 23.9 Å². The third-order valence-electron chi connectivity index (χ3n) is 4.80. The molecule has 2 aliphatic rings. The highest BCUT2D eigenvalue weighted by molar-refractivity contribution is 5.73. The lowest BCUT2D eigenvalue weighted by atomic mass is 10.0.